The fraction of sp³-hybridized carbons (Fsp3) is 0.227. The molecule has 3 rings (SSSR count). The number of methoxy groups -OCH3 is 2. The highest BCUT2D eigenvalue weighted by atomic mass is 16.5. The van der Waals surface area contributed by atoms with Crippen LogP contribution in [0.3, 0.4) is 0 Å². The van der Waals surface area contributed by atoms with Gasteiger partial charge in [-0.2, -0.15) is 0 Å². The van der Waals surface area contributed by atoms with Crippen LogP contribution in [0.2, 0.25) is 0 Å². The second-order valence-corrected chi connectivity index (χ2v) is 6.18. The van der Waals surface area contributed by atoms with Gasteiger partial charge in [-0.25, -0.2) is 0 Å². The van der Waals surface area contributed by atoms with Crippen molar-refractivity contribution in [2.75, 3.05) is 20.8 Å². The van der Waals surface area contributed by atoms with E-state index >= 15 is 0 Å². The first-order chi connectivity index (χ1) is 13.1. The summed E-state index contributed by atoms with van der Waals surface area (Å²) in [5.41, 5.74) is 1.04. The van der Waals surface area contributed by atoms with E-state index in [0.29, 0.717) is 17.2 Å². The summed E-state index contributed by atoms with van der Waals surface area (Å²) in [5, 5.41) is 5.28. The van der Waals surface area contributed by atoms with Gasteiger partial charge in [0.05, 0.1) is 20.3 Å². The Labute approximate surface area is 158 Å². The minimum absolute atomic E-state index is 0.130. The molecule has 1 N–H and O–H groups in total. The lowest BCUT2D eigenvalue weighted by Crippen LogP contribution is -2.31. The van der Waals surface area contributed by atoms with Gasteiger partial charge in [-0.05, 0) is 41.5 Å². The van der Waals surface area contributed by atoms with Crippen LogP contribution in [0.15, 0.2) is 60.7 Å². The van der Waals surface area contributed by atoms with Crippen LogP contribution in [0.4, 0.5) is 0 Å². The molecule has 3 aromatic rings. The molecular weight excluding hydrogens is 342 g/mol. The van der Waals surface area contributed by atoms with E-state index in [9.17, 15) is 4.79 Å². The number of carbonyl (C=O) groups is 1. The van der Waals surface area contributed by atoms with E-state index < -0.39 is 0 Å². The van der Waals surface area contributed by atoms with Crippen LogP contribution >= 0.6 is 0 Å². The van der Waals surface area contributed by atoms with Gasteiger partial charge >= 0.3 is 0 Å². The van der Waals surface area contributed by atoms with Crippen molar-refractivity contribution in [2.24, 2.45) is 0 Å². The first-order valence-electron chi connectivity index (χ1n) is 8.74. The number of ether oxygens (including phenoxy) is 3. The lowest BCUT2D eigenvalue weighted by atomic mass is 10.0. The fourth-order valence-corrected chi connectivity index (χ4v) is 2.94. The maximum atomic E-state index is 12.3. The van der Waals surface area contributed by atoms with Gasteiger partial charge < -0.3 is 19.5 Å². The molecular formula is C22H23NO4. The smallest absolute Gasteiger partial charge is 0.258 e. The molecule has 27 heavy (non-hydrogen) atoms. The van der Waals surface area contributed by atoms with Gasteiger partial charge in [0.15, 0.2) is 18.1 Å². The van der Waals surface area contributed by atoms with Crippen molar-refractivity contribution in [3.8, 4) is 17.2 Å². The van der Waals surface area contributed by atoms with Crippen LogP contribution < -0.4 is 19.5 Å². The molecule has 3 aromatic carbocycles. The molecule has 1 amide bonds. The second kappa shape index (κ2) is 8.45. The summed E-state index contributed by atoms with van der Waals surface area (Å²) in [4.78, 5) is 12.3. The molecule has 0 unspecified atom stereocenters. The average molecular weight is 365 g/mol. The number of fused-ring (bicyclic) bond motifs is 1. The van der Waals surface area contributed by atoms with Crippen molar-refractivity contribution in [1.29, 1.82) is 0 Å². The number of para-hydroxylation sites is 1. The van der Waals surface area contributed by atoms with Crippen LogP contribution in [0, 0.1) is 0 Å². The summed E-state index contributed by atoms with van der Waals surface area (Å²) in [5.74, 6) is 1.23. The van der Waals surface area contributed by atoms with Crippen LogP contribution in [-0.2, 0) is 4.79 Å². The maximum absolute atomic E-state index is 12.3. The first-order valence-corrected chi connectivity index (χ1v) is 8.74. The maximum Gasteiger partial charge on any atom is 0.258 e. The van der Waals surface area contributed by atoms with E-state index in [2.05, 4.69) is 29.6 Å². The molecule has 0 bridgehead atoms. The molecule has 0 heterocycles. The van der Waals surface area contributed by atoms with Gasteiger partial charge in [0, 0.05) is 0 Å². The second-order valence-electron chi connectivity index (χ2n) is 6.18. The zero-order valence-electron chi connectivity index (χ0n) is 15.7. The molecule has 1 atom stereocenters. The fourth-order valence-electron chi connectivity index (χ4n) is 2.94. The number of hydrogen-bond donors (Lipinski definition) is 1. The SMILES string of the molecule is COc1cccc(OC)c1OCC(=O)N[C@@H](C)c1ccc2ccccc2c1. The summed E-state index contributed by atoms with van der Waals surface area (Å²) >= 11 is 0. The van der Waals surface area contributed by atoms with Crippen LogP contribution in [0.5, 0.6) is 17.2 Å². The molecule has 0 aromatic heterocycles. The lowest BCUT2D eigenvalue weighted by molar-refractivity contribution is -0.123. The molecule has 0 aliphatic heterocycles. The molecule has 0 radical (unpaired) electrons. The van der Waals surface area contributed by atoms with E-state index in [-0.39, 0.29) is 18.6 Å². The monoisotopic (exact) mass is 365 g/mol. The summed E-state index contributed by atoms with van der Waals surface area (Å²) in [6, 6.07) is 19.5. The standard InChI is InChI=1S/C22H23NO4/c1-15(17-12-11-16-7-4-5-8-18(16)13-17)23-21(24)14-27-22-19(25-2)9-6-10-20(22)26-3/h4-13,15H,14H2,1-3H3,(H,23,24)/t15-/m0/s1. The highest BCUT2D eigenvalue weighted by Crippen LogP contribution is 2.36. The molecule has 0 saturated heterocycles. The topological polar surface area (TPSA) is 56.8 Å². The van der Waals surface area contributed by atoms with Crippen molar-refractivity contribution in [2.45, 2.75) is 13.0 Å². The van der Waals surface area contributed by atoms with Gasteiger partial charge in [0.25, 0.3) is 5.91 Å². The van der Waals surface area contributed by atoms with E-state index in [4.69, 9.17) is 14.2 Å². The van der Waals surface area contributed by atoms with Gasteiger partial charge in [-0.1, -0.05) is 42.5 Å². The van der Waals surface area contributed by atoms with Gasteiger partial charge in [-0.3, -0.25) is 4.79 Å². The predicted octanol–water partition coefficient (Wildman–Crippen LogP) is 4.11. The first kappa shape index (κ1) is 18.6. The third-order valence-electron chi connectivity index (χ3n) is 4.38. The number of nitrogens with one attached hydrogen (secondary N) is 1. The highest BCUT2D eigenvalue weighted by Gasteiger charge is 2.15. The Kier molecular flexibility index (Phi) is 5.81. The Morgan fingerprint density at radius 1 is 0.926 bits per heavy atom. The largest absolute Gasteiger partial charge is 0.493 e. The van der Waals surface area contributed by atoms with Crippen LogP contribution in [0.25, 0.3) is 10.8 Å². The highest BCUT2D eigenvalue weighted by molar-refractivity contribution is 5.83. The van der Waals surface area contributed by atoms with Crippen molar-refractivity contribution < 1.29 is 19.0 Å². The molecule has 5 nitrogen and oxygen atoms in total. The quantitative estimate of drug-likeness (QED) is 0.684. The molecule has 140 valence electrons. The molecule has 0 spiro atoms. The molecule has 0 fully saturated rings. The molecule has 0 aliphatic rings. The zero-order chi connectivity index (χ0) is 19.2. The van der Waals surface area contributed by atoms with Gasteiger partial charge in [-0.15, -0.1) is 0 Å². The van der Waals surface area contributed by atoms with E-state index in [1.165, 1.54) is 5.39 Å². The predicted molar refractivity (Wildman–Crippen MR) is 106 cm³/mol. The molecule has 5 heteroatoms. The summed E-state index contributed by atoms with van der Waals surface area (Å²) in [6.07, 6.45) is 0. The van der Waals surface area contributed by atoms with E-state index in [0.717, 1.165) is 10.9 Å². The van der Waals surface area contributed by atoms with Crippen molar-refractivity contribution in [1.82, 2.24) is 5.32 Å². The molecule has 0 saturated carbocycles. The number of benzene rings is 3. The number of amides is 1. The Hall–Kier alpha value is -3.21. The van der Waals surface area contributed by atoms with Crippen molar-refractivity contribution >= 4 is 16.7 Å². The minimum atomic E-state index is -0.219. The number of rotatable bonds is 7. The summed E-state index contributed by atoms with van der Waals surface area (Å²) < 4.78 is 16.2. The van der Waals surface area contributed by atoms with Crippen molar-refractivity contribution in [3.05, 3.63) is 66.2 Å². The summed E-state index contributed by atoms with van der Waals surface area (Å²) in [6.45, 7) is 1.82. The Bertz CT molecular complexity index is 916. The van der Waals surface area contributed by atoms with E-state index in [1.54, 1.807) is 32.4 Å². The zero-order valence-corrected chi connectivity index (χ0v) is 15.7. The normalized spacial score (nSPS) is 11.7. The summed E-state index contributed by atoms with van der Waals surface area (Å²) in [7, 11) is 3.09. The average Bonchev–Trinajstić information content (AvgIpc) is 2.71. The minimum Gasteiger partial charge on any atom is -0.493 e. The van der Waals surface area contributed by atoms with E-state index in [1.807, 2.05) is 25.1 Å². The van der Waals surface area contributed by atoms with Gasteiger partial charge in [0.2, 0.25) is 5.75 Å². The number of carbonyl (C=O) groups excluding carboxylic acids is 1. The lowest BCUT2D eigenvalue weighted by Gasteiger charge is -2.17. The Morgan fingerprint density at radius 3 is 2.26 bits per heavy atom. The van der Waals surface area contributed by atoms with Crippen LogP contribution in [-0.4, -0.2) is 26.7 Å². The third kappa shape index (κ3) is 4.31. The van der Waals surface area contributed by atoms with Crippen LogP contribution in [0.1, 0.15) is 18.5 Å². The van der Waals surface area contributed by atoms with Gasteiger partial charge in [0.1, 0.15) is 0 Å². The Balaban J connectivity index is 1.65. The number of hydrogen-bond acceptors (Lipinski definition) is 4. The Morgan fingerprint density at radius 2 is 1.59 bits per heavy atom. The van der Waals surface area contributed by atoms with Crippen molar-refractivity contribution in [3.63, 3.8) is 0 Å². The molecule has 0 aliphatic carbocycles. The third-order valence-corrected chi connectivity index (χ3v) is 4.38.